The molecule has 0 amide bonds. The Hall–Kier alpha value is -0.773. The molecule has 1 radical (unpaired) electrons. The summed E-state index contributed by atoms with van der Waals surface area (Å²) in [4.78, 5) is 12.3. The number of hydrogen-bond donors (Lipinski definition) is 0. The van der Waals surface area contributed by atoms with Gasteiger partial charge in [0, 0.05) is 18.9 Å². The van der Waals surface area contributed by atoms with Crippen molar-refractivity contribution in [1.29, 1.82) is 0 Å². The Morgan fingerprint density at radius 1 is 1.15 bits per heavy atom. The molecule has 0 spiro atoms. The van der Waals surface area contributed by atoms with Gasteiger partial charge in [-0.25, -0.2) is 0 Å². The van der Waals surface area contributed by atoms with Crippen molar-refractivity contribution >= 4 is 49.9 Å². The van der Waals surface area contributed by atoms with E-state index >= 15 is 0 Å². The number of rotatable bonds is 4. The van der Waals surface area contributed by atoms with E-state index in [9.17, 15) is 4.79 Å². The van der Waals surface area contributed by atoms with Crippen molar-refractivity contribution in [3.8, 4) is 5.75 Å². The first-order valence-corrected chi connectivity index (χ1v) is 7.20. The van der Waals surface area contributed by atoms with Gasteiger partial charge < -0.3 is 4.74 Å². The van der Waals surface area contributed by atoms with Crippen molar-refractivity contribution in [2.24, 2.45) is 0 Å². The van der Waals surface area contributed by atoms with Crippen molar-refractivity contribution in [3.05, 3.63) is 58.6 Å². The Morgan fingerprint density at radius 3 is 2.40 bits per heavy atom. The van der Waals surface area contributed by atoms with Gasteiger partial charge in [0.15, 0.2) is 5.52 Å². The van der Waals surface area contributed by atoms with Crippen molar-refractivity contribution in [1.82, 2.24) is 0 Å². The minimum absolute atomic E-state index is 0. The van der Waals surface area contributed by atoms with Crippen LogP contribution in [0.25, 0.3) is 0 Å². The maximum Gasteiger partial charge on any atom is 0.190 e. The minimum Gasteiger partial charge on any atom is -0.496 e. The third-order valence-corrected chi connectivity index (χ3v) is 4.15. The molecular weight excluding hydrogens is 286 g/mol. The molecule has 0 bridgehead atoms. The molecule has 0 heterocycles. The molecule has 2 aromatic carbocycles. The van der Waals surface area contributed by atoms with Crippen LogP contribution in [0.4, 0.5) is 0 Å². The van der Waals surface area contributed by atoms with Crippen LogP contribution < -0.4 is 10.0 Å². The van der Waals surface area contributed by atoms with E-state index in [0.29, 0.717) is 16.3 Å². The zero-order chi connectivity index (χ0) is 13.8. The molecule has 2 nitrogen and oxygen atoms in total. The molecule has 0 aliphatic carbocycles. The summed E-state index contributed by atoms with van der Waals surface area (Å²) >= 11 is 6.10. The molecule has 0 aromatic heterocycles. The Bertz CT molecular complexity index is 599. The summed E-state index contributed by atoms with van der Waals surface area (Å²) in [5.74, 6) is 0.525. The average molecular weight is 300 g/mol. The van der Waals surface area contributed by atoms with Gasteiger partial charge in [0.05, 0.1) is 17.7 Å². The van der Waals surface area contributed by atoms with Gasteiger partial charge in [-0.05, 0) is 32.9 Å². The largest absolute Gasteiger partial charge is 0.496 e. The van der Waals surface area contributed by atoms with Gasteiger partial charge in [0.2, 0.25) is 0 Å². The first-order valence-electron chi connectivity index (χ1n) is 5.82. The second-order valence-electron chi connectivity index (χ2n) is 4.14. The van der Waals surface area contributed by atoms with Crippen LogP contribution in [0.3, 0.4) is 0 Å². The standard InChI is InChI=1S/C15H14ClO2P.Li/c1-10-6-8-11(9-7-10)19-15(17)14-12(16)4-3-5-13(14)18-2;/h3-9,19H,1-2H3;. The second kappa shape index (κ2) is 7.86. The van der Waals surface area contributed by atoms with Crippen LogP contribution in [0, 0.1) is 6.92 Å². The van der Waals surface area contributed by atoms with E-state index in [1.807, 2.05) is 31.2 Å². The van der Waals surface area contributed by atoms with Crippen LogP contribution in [-0.4, -0.2) is 31.5 Å². The Labute approximate surface area is 137 Å². The van der Waals surface area contributed by atoms with Gasteiger partial charge in [-0.3, -0.25) is 4.79 Å². The van der Waals surface area contributed by atoms with E-state index in [4.69, 9.17) is 16.3 Å². The summed E-state index contributed by atoms with van der Waals surface area (Å²) in [5, 5.41) is 1.43. The smallest absolute Gasteiger partial charge is 0.190 e. The Kier molecular flexibility index (Phi) is 6.79. The van der Waals surface area contributed by atoms with Gasteiger partial charge >= 0.3 is 0 Å². The number of hydrogen-bond acceptors (Lipinski definition) is 2. The van der Waals surface area contributed by atoms with Gasteiger partial charge in [-0.2, -0.15) is 0 Å². The van der Waals surface area contributed by atoms with Gasteiger partial charge in [-0.1, -0.05) is 47.5 Å². The third kappa shape index (κ3) is 4.11. The van der Waals surface area contributed by atoms with Gasteiger partial charge in [0.1, 0.15) is 5.75 Å². The molecule has 0 fully saturated rings. The topological polar surface area (TPSA) is 26.3 Å². The zero-order valence-corrected chi connectivity index (χ0v) is 13.5. The second-order valence-corrected chi connectivity index (χ2v) is 5.83. The fourth-order valence-electron chi connectivity index (χ4n) is 1.73. The predicted molar refractivity (Wildman–Crippen MR) is 87.2 cm³/mol. The van der Waals surface area contributed by atoms with E-state index in [1.165, 1.54) is 12.7 Å². The maximum atomic E-state index is 12.3. The van der Waals surface area contributed by atoms with Crippen molar-refractivity contribution in [2.75, 3.05) is 7.11 Å². The summed E-state index contributed by atoms with van der Waals surface area (Å²) in [6.45, 7) is 2.02. The molecule has 0 saturated heterocycles. The number of ether oxygens (including phenoxy) is 1. The van der Waals surface area contributed by atoms with Crippen LogP contribution in [0.5, 0.6) is 5.75 Å². The summed E-state index contributed by atoms with van der Waals surface area (Å²) in [7, 11) is 1.58. The van der Waals surface area contributed by atoms with E-state index < -0.39 is 0 Å². The number of carbonyl (C=O) groups excluding carboxylic acids is 1. The maximum absolute atomic E-state index is 12.3. The van der Waals surface area contributed by atoms with Crippen molar-refractivity contribution in [3.63, 3.8) is 0 Å². The first-order chi connectivity index (χ1) is 9.11. The number of aryl methyl sites for hydroxylation is 1. The molecule has 1 atom stereocenters. The molecule has 2 aromatic rings. The van der Waals surface area contributed by atoms with Crippen LogP contribution in [0.15, 0.2) is 42.5 Å². The van der Waals surface area contributed by atoms with E-state index in [1.54, 1.807) is 18.2 Å². The quantitative estimate of drug-likeness (QED) is 0.639. The first kappa shape index (κ1) is 17.3. The van der Waals surface area contributed by atoms with Crippen molar-refractivity contribution < 1.29 is 9.53 Å². The van der Waals surface area contributed by atoms with Crippen LogP contribution in [0.2, 0.25) is 5.02 Å². The van der Waals surface area contributed by atoms with E-state index in [-0.39, 0.29) is 33.0 Å². The fraction of sp³-hybridized carbons (Fsp3) is 0.133. The van der Waals surface area contributed by atoms with E-state index in [2.05, 4.69) is 0 Å². The predicted octanol–water partition coefficient (Wildman–Crippen LogP) is 3.42. The molecule has 1 unspecified atom stereocenters. The zero-order valence-electron chi connectivity index (χ0n) is 11.7. The molecule has 0 N–H and O–H groups in total. The molecule has 0 aliphatic heterocycles. The summed E-state index contributed by atoms with van der Waals surface area (Å²) in [6.07, 6.45) is 0. The number of methoxy groups -OCH3 is 1. The monoisotopic (exact) mass is 299 g/mol. The molecule has 0 aliphatic rings. The Morgan fingerprint density at radius 2 is 1.80 bits per heavy atom. The average Bonchev–Trinajstić information content (AvgIpc) is 2.40. The van der Waals surface area contributed by atoms with Gasteiger partial charge in [-0.15, -0.1) is 0 Å². The molecule has 0 saturated carbocycles. The SMILES string of the molecule is COc1cccc(Cl)c1C(=O)Pc1ccc(C)cc1.[Li]. The molecule has 20 heavy (non-hydrogen) atoms. The normalized spacial score (nSPS) is 10.3. The van der Waals surface area contributed by atoms with Crippen LogP contribution >= 0.6 is 20.2 Å². The number of halogens is 1. The van der Waals surface area contributed by atoms with Crippen molar-refractivity contribution in [2.45, 2.75) is 6.92 Å². The van der Waals surface area contributed by atoms with Crippen LogP contribution in [-0.2, 0) is 0 Å². The number of carbonyl (C=O) groups is 1. The molecule has 2 rings (SSSR count). The van der Waals surface area contributed by atoms with Crippen LogP contribution in [0.1, 0.15) is 15.9 Å². The molecule has 5 heteroatoms. The van der Waals surface area contributed by atoms with E-state index in [0.717, 1.165) is 5.30 Å². The summed E-state index contributed by atoms with van der Waals surface area (Å²) in [6, 6.07) is 13.2. The fourth-order valence-corrected chi connectivity index (χ4v) is 3.03. The Balaban J connectivity index is 0.00000200. The summed E-state index contributed by atoms with van der Waals surface area (Å²) < 4.78 is 5.20. The third-order valence-electron chi connectivity index (χ3n) is 2.73. The molecular formula is C15H14ClLiO2P. The summed E-state index contributed by atoms with van der Waals surface area (Å²) in [5.41, 5.74) is 1.63. The van der Waals surface area contributed by atoms with Gasteiger partial charge in [0.25, 0.3) is 0 Å². The minimum atomic E-state index is -0.00805. The number of benzene rings is 2. The molecule has 99 valence electrons.